The van der Waals surface area contributed by atoms with E-state index < -0.39 is 10.0 Å². The summed E-state index contributed by atoms with van der Waals surface area (Å²) < 4.78 is 33.1. The Labute approximate surface area is 144 Å². The van der Waals surface area contributed by atoms with E-state index in [1.807, 2.05) is 67.6 Å². The predicted molar refractivity (Wildman–Crippen MR) is 95.1 cm³/mol. The highest BCUT2D eigenvalue weighted by Crippen LogP contribution is 2.20. The van der Waals surface area contributed by atoms with Gasteiger partial charge in [-0.15, -0.1) is 0 Å². The minimum absolute atomic E-state index is 0.0403. The van der Waals surface area contributed by atoms with Gasteiger partial charge in [-0.3, -0.25) is 0 Å². The van der Waals surface area contributed by atoms with Crippen molar-refractivity contribution in [3.63, 3.8) is 0 Å². The van der Waals surface area contributed by atoms with Crippen molar-refractivity contribution in [1.29, 1.82) is 0 Å². The zero-order chi connectivity index (χ0) is 17.0. The van der Waals surface area contributed by atoms with Crippen LogP contribution in [0, 0.1) is 0 Å². The van der Waals surface area contributed by atoms with Crippen LogP contribution in [0.4, 0.5) is 0 Å². The lowest BCUT2D eigenvalue weighted by Gasteiger charge is -2.36. The van der Waals surface area contributed by atoms with Crippen molar-refractivity contribution in [2.24, 2.45) is 0 Å². The molecular weight excluding hydrogens is 322 g/mol. The molecule has 4 nitrogen and oxygen atoms in total. The first-order valence-electron chi connectivity index (χ1n) is 8.24. The lowest BCUT2D eigenvalue weighted by Crippen LogP contribution is -2.50. The third kappa shape index (κ3) is 4.44. The SMILES string of the molecule is CC1CN(S(=O)(=O)Cc2ccccc2)CC(Cc2ccccc2)O1. The van der Waals surface area contributed by atoms with Gasteiger partial charge in [-0.1, -0.05) is 60.7 Å². The van der Waals surface area contributed by atoms with E-state index in [1.54, 1.807) is 4.31 Å². The topological polar surface area (TPSA) is 46.6 Å². The van der Waals surface area contributed by atoms with Gasteiger partial charge in [0.15, 0.2) is 0 Å². The summed E-state index contributed by atoms with van der Waals surface area (Å²) in [6.07, 6.45) is 0.516. The molecule has 0 aromatic heterocycles. The minimum Gasteiger partial charge on any atom is -0.372 e. The van der Waals surface area contributed by atoms with Crippen LogP contribution in [0.2, 0.25) is 0 Å². The fourth-order valence-electron chi connectivity index (χ4n) is 3.10. The second kappa shape index (κ2) is 7.47. The molecule has 0 aliphatic carbocycles. The Morgan fingerprint density at radius 2 is 1.54 bits per heavy atom. The molecule has 1 fully saturated rings. The Kier molecular flexibility index (Phi) is 5.33. The molecule has 1 saturated heterocycles. The number of hydrogen-bond donors (Lipinski definition) is 0. The van der Waals surface area contributed by atoms with Gasteiger partial charge in [-0.05, 0) is 24.5 Å². The number of rotatable bonds is 5. The highest BCUT2D eigenvalue weighted by atomic mass is 32.2. The van der Waals surface area contributed by atoms with Gasteiger partial charge in [0.2, 0.25) is 10.0 Å². The molecule has 2 aromatic rings. The Bertz CT molecular complexity index is 747. The second-order valence-corrected chi connectivity index (χ2v) is 8.29. The van der Waals surface area contributed by atoms with Crippen molar-refractivity contribution >= 4 is 10.0 Å². The van der Waals surface area contributed by atoms with Crippen LogP contribution in [0.5, 0.6) is 0 Å². The van der Waals surface area contributed by atoms with E-state index >= 15 is 0 Å². The van der Waals surface area contributed by atoms with Crippen LogP contribution < -0.4 is 0 Å². The first-order valence-corrected chi connectivity index (χ1v) is 9.85. The van der Waals surface area contributed by atoms with Crippen LogP contribution in [0.3, 0.4) is 0 Å². The molecule has 5 heteroatoms. The van der Waals surface area contributed by atoms with E-state index in [9.17, 15) is 8.42 Å². The van der Waals surface area contributed by atoms with Crippen LogP contribution in [-0.4, -0.2) is 38.0 Å². The standard InChI is InChI=1S/C19H23NO3S/c1-16-13-20(24(21,22)15-18-10-6-3-7-11-18)14-19(23-16)12-17-8-4-2-5-9-17/h2-11,16,19H,12-15H2,1H3. The number of benzene rings is 2. The molecular formula is C19H23NO3S. The van der Waals surface area contributed by atoms with Crippen molar-refractivity contribution in [3.8, 4) is 0 Å². The fourth-order valence-corrected chi connectivity index (χ4v) is 4.72. The maximum absolute atomic E-state index is 12.8. The van der Waals surface area contributed by atoms with Crippen molar-refractivity contribution in [1.82, 2.24) is 4.31 Å². The normalized spacial score (nSPS) is 22.4. The highest BCUT2D eigenvalue weighted by Gasteiger charge is 2.32. The van der Waals surface area contributed by atoms with Crippen LogP contribution >= 0.6 is 0 Å². The van der Waals surface area contributed by atoms with Crippen LogP contribution in [0.25, 0.3) is 0 Å². The van der Waals surface area contributed by atoms with Crippen molar-refractivity contribution in [2.45, 2.75) is 31.3 Å². The zero-order valence-corrected chi connectivity index (χ0v) is 14.7. The first-order chi connectivity index (χ1) is 11.5. The van der Waals surface area contributed by atoms with Crippen LogP contribution in [0.15, 0.2) is 60.7 Å². The summed E-state index contributed by atoms with van der Waals surface area (Å²) in [5.41, 5.74) is 1.98. The zero-order valence-electron chi connectivity index (χ0n) is 13.8. The van der Waals surface area contributed by atoms with Crippen molar-refractivity contribution in [3.05, 3.63) is 71.8 Å². The molecule has 128 valence electrons. The predicted octanol–water partition coefficient (Wildman–Crippen LogP) is 2.85. The van der Waals surface area contributed by atoms with E-state index in [4.69, 9.17) is 4.74 Å². The molecule has 0 radical (unpaired) electrons. The summed E-state index contributed by atoms with van der Waals surface area (Å²) in [6, 6.07) is 19.4. The van der Waals surface area contributed by atoms with Gasteiger partial charge in [0, 0.05) is 13.1 Å². The summed E-state index contributed by atoms with van der Waals surface area (Å²) in [5, 5.41) is 0. The number of sulfonamides is 1. The quantitative estimate of drug-likeness (QED) is 0.837. The first kappa shape index (κ1) is 17.1. The van der Waals surface area contributed by atoms with E-state index in [-0.39, 0.29) is 18.0 Å². The molecule has 2 unspecified atom stereocenters. The maximum Gasteiger partial charge on any atom is 0.218 e. The molecule has 1 aliphatic heterocycles. The van der Waals surface area contributed by atoms with E-state index in [1.165, 1.54) is 0 Å². The molecule has 0 amide bonds. The van der Waals surface area contributed by atoms with Gasteiger partial charge < -0.3 is 4.74 Å². The van der Waals surface area contributed by atoms with Crippen molar-refractivity contribution in [2.75, 3.05) is 13.1 Å². The smallest absolute Gasteiger partial charge is 0.218 e. The lowest BCUT2D eigenvalue weighted by atomic mass is 10.1. The average Bonchev–Trinajstić information content (AvgIpc) is 2.56. The Hall–Kier alpha value is -1.69. The third-order valence-electron chi connectivity index (χ3n) is 4.18. The Balaban J connectivity index is 1.70. The number of ether oxygens (including phenoxy) is 1. The van der Waals surface area contributed by atoms with Crippen LogP contribution in [0.1, 0.15) is 18.1 Å². The Morgan fingerprint density at radius 1 is 0.958 bits per heavy atom. The van der Waals surface area contributed by atoms with Gasteiger partial charge in [0.1, 0.15) is 0 Å². The van der Waals surface area contributed by atoms with Gasteiger partial charge in [-0.25, -0.2) is 8.42 Å². The Morgan fingerprint density at radius 3 is 2.17 bits per heavy atom. The third-order valence-corrected chi connectivity index (χ3v) is 5.97. The molecule has 2 atom stereocenters. The summed E-state index contributed by atoms with van der Waals surface area (Å²) >= 11 is 0. The lowest BCUT2D eigenvalue weighted by molar-refractivity contribution is -0.0529. The molecule has 0 bridgehead atoms. The summed E-state index contributed by atoms with van der Waals surface area (Å²) in [5.74, 6) is 0.0403. The van der Waals surface area contributed by atoms with Gasteiger partial charge in [-0.2, -0.15) is 4.31 Å². The van der Waals surface area contributed by atoms with Crippen molar-refractivity contribution < 1.29 is 13.2 Å². The summed E-state index contributed by atoms with van der Waals surface area (Å²) in [4.78, 5) is 0. The van der Waals surface area contributed by atoms with Gasteiger partial charge >= 0.3 is 0 Å². The molecule has 1 heterocycles. The number of hydrogen-bond acceptors (Lipinski definition) is 3. The van der Waals surface area contributed by atoms with Gasteiger partial charge in [0.05, 0.1) is 18.0 Å². The molecule has 0 spiro atoms. The monoisotopic (exact) mass is 345 g/mol. The van der Waals surface area contributed by atoms with Crippen LogP contribution in [-0.2, 0) is 26.9 Å². The molecule has 3 rings (SSSR count). The molecule has 2 aromatic carbocycles. The van der Waals surface area contributed by atoms with E-state index in [2.05, 4.69) is 0 Å². The maximum atomic E-state index is 12.8. The van der Waals surface area contributed by atoms with Gasteiger partial charge in [0.25, 0.3) is 0 Å². The van der Waals surface area contributed by atoms with E-state index in [0.717, 1.165) is 17.5 Å². The molecule has 0 saturated carbocycles. The molecule has 1 aliphatic rings. The fraction of sp³-hybridized carbons (Fsp3) is 0.368. The number of morpholine rings is 1. The minimum atomic E-state index is -3.34. The summed E-state index contributed by atoms with van der Waals surface area (Å²) in [6.45, 7) is 2.76. The molecule has 24 heavy (non-hydrogen) atoms. The highest BCUT2D eigenvalue weighted by molar-refractivity contribution is 7.88. The summed E-state index contributed by atoms with van der Waals surface area (Å²) in [7, 11) is -3.34. The number of nitrogens with zero attached hydrogens (tertiary/aromatic N) is 1. The molecule has 0 N–H and O–H groups in total. The average molecular weight is 345 g/mol. The van der Waals surface area contributed by atoms with E-state index in [0.29, 0.717) is 13.1 Å². The largest absolute Gasteiger partial charge is 0.372 e. The second-order valence-electron chi connectivity index (χ2n) is 6.32.